The van der Waals surface area contributed by atoms with Crippen LogP contribution in [-0.2, 0) is 6.42 Å². The van der Waals surface area contributed by atoms with Crippen molar-refractivity contribution in [3.05, 3.63) is 35.9 Å². The van der Waals surface area contributed by atoms with Crippen molar-refractivity contribution in [2.24, 2.45) is 0 Å². The summed E-state index contributed by atoms with van der Waals surface area (Å²) in [6, 6.07) is 10.8. The topological polar surface area (TPSA) is 15.3 Å². The highest BCUT2D eigenvalue weighted by Gasteiger charge is 2.31. The molecule has 1 aliphatic rings. The third-order valence-electron chi connectivity index (χ3n) is 4.59. The van der Waals surface area contributed by atoms with E-state index in [1.54, 1.807) is 0 Å². The summed E-state index contributed by atoms with van der Waals surface area (Å²) in [6.07, 6.45) is 4.95. The van der Waals surface area contributed by atoms with Crippen LogP contribution in [0.1, 0.15) is 38.7 Å². The van der Waals surface area contributed by atoms with E-state index in [-0.39, 0.29) is 0 Å². The molecule has 0 aliphatic carbocycles. The van der Waals surface area contributed by atoms with Crippen LogP contribution in [0.25, 0.3) is 0 Å². The summed E-state index contributed by atoms with van der Waals surface area (Å²) in [4.78, 5) is 2.65. The van der Waals surface area contributed by atoms with E-state index in [0.717, 1.165) is 6.54 Å². The first-order valence-corrected chi connectivity index (χ1v) is 7.79. The fourth-order valence-corrected chi connectivity index (χ4v) is 3.11. The SMILES string of the molecule is CCC1(CC)CN(CCCc2ccccc2)CCN1. The van der Waals surface area contributed by atoms with E-state index in [4.69, 9.17) is 0 Å². The molecule has 0 bridgehead atoms. The molecule has 1 N–H and O–H groups in total. The molecule has 0 spiro atoms. The van der Waals surface area contributed by atoms with Crippen LogP contribution in [0.5, 0.6) is 0 Å². The molecular formula is C17H28N2. The van der Waals surface area contributed by atoms with E-state index >= 15 is 0 Å². The van der Waals surface area contributed by atoms with Crippen LogP contribution in [0, 0.1) is 0 Å². The predicted molar refractivity (Wildman–Crippen MR) is 82.5 cm³/mol. The van der Waals surface area contributed by atoms with Gasteiger partial charge in [0.25, 0.3) is 0 Å². The zero-order valence-corrected chi connectivity index (χ0v) is 12.5. The Morgan fingerprint density at radius 2 is 1.89 bits per heavy atom. The van der Waals surface area contributed by atoms with E-state index < -0.39 is 0 Å². The van der Waals surface area contributed by atoms with Gasteiger partial charge in [0.15, 0.2) is 0 Å². The molecular weight excluding hydrogens is 232 g/mol. The standard InChI is InChI=1S/C17H28N2/c1-3-17(4-2)15-19(14-12-18-17)13-8-11-16-9-6-5-7-10-16/h5-7,9-10,18H,3-4,8,11-15H2,1-2H3. The Bertz CT molecular complexity index is 357. The Morgan fingerprint density at radius 1 is 1.16 bits per heavy atom. The van der Waals surface area contributed by atoms with Gasteiger partial charge in [-0.15, -0.1) is 0 Å². The zero-order chi connectivity index (χ0) is 13.6. The Labute approximate surface area is 118 Å². The lowest BCUT2D eigenvalue weighted by atomic mass is 9.90. The fourth-order valence-electron chi connectivity index (χ4n) is 3.11. The number of benzene rings is 1. The average Bonchev–Trinajstić information content (AvgIpc) is 2.48. The fraction of sp³-hybridized carbons (Fsp3) is 0.647. The molecule has 0 radical (unpaired) electrons. The first-order valence-electron chi connectivity index (χ1n) is 7.79. The minimum Gasteiger partial charge on any atom is -0.309 e. The van der Waals surface area contributed by atoms with Gasteiger partial charge in [-0.25, -0.2) is 0 Å². The Balaban J connectivity index is 1.77. The minimum atomic E-state index is 0.366. The summed E-state index contributed by atoms with van der Waals surface area (Å²) < 4.78 is 0. The van der Waals surface area contributed by atoms with Crippen LogP contribution in [0.2, 0.25) is 0 Å². The molecule has 2 rings (SSSR count). The van der Waals surface area contributed by atoms with Gasteiger partial charge < -0.3 is 10.2 Å². The molecule has 1 heterocycles. The molecule has 1 aromatic rings. The van der Waals surface area contributed by atoms with Gasteiger partial charge >= 0.3 is 0 Å². The number of rotatable bonds is 6. The summed E-state index contributed by atoms with van der Waals surface area (Å²) in [5, 5.41) is 3.73. The monoisotopic (exact) mass is 260 g/mol. The number of nitrogens with one attached hydrogen (secondary N) is 1. The summed E-state index contributed by atoms with van der Waals surface area (Å²) in [5.74, 6) is 0. The average molecular weight is 260 g/mol. The van der Waals surface area contributed by atoms with Crippen molar-refractivity contribution < 1.29 is 0 Å². The Hall–Kier alpha value is -0.860. The largest absolute Gasteiger partial charge is 0.309 e. The molecule has 1 fully saturated rings. The first kappa shape index (κ1) is 14.5. The molecule has 1 aliphatic heterocycles. The quantitative estimate of drug-likeness (QED) is 0.845. The molecule has 0 atom stereocenters. The van der Waals surface area contributed by atoms with E-state index in [2.05, 4.69) is 54.4 Å². The van der Waals surface area contributed by atoms with Crippen LogP contribution >= 0.6 is 0 Å². The summed E-state index contributed by atoms with van der Waals surface area (Å²) >= 11 is 0. The maximum absolute atomic E-state index is 3.73. The number of hydrogen-bond donors (Lipinski definition) is 1. The van der Waals surface area contributed by atoms with Crippen molar-refractivity contribution >= 4 is 0 Å². The summed E-state index contributed by atoms with van der Waals surface area (Å²) in [5.41, 5.74) is 1.83. The second-order valence-corrected chi connectivity index (χ2v) is 5.78. The number of hydrogen-bond acceptors (Lipinski definition) is 2. The minimum absolute atomic E-state index is 0.366. The van der Waals surface area contributed by atoms with Crippen LogP contribution < -0.4 is 5.32 Å². The molecule has 0 aromatic heterocycles. The van der Waals surface area contributed by atoms with Crippen LogP contribution in [-0.4, -0.2) is 36.6 Å². The Morgan fingerprint density at radius 3 is 2.58 bits per heavy atom. The molecule has 0 amide bonds. The lowest BCUT2D eigenvalue weighted by Crippen LogP contribution is -2.59. The molecule has 19 heavy (non-hydrogen) atoms. The van der Waals surface area contributed by atoms with E-state index in [1.807, 2.05) is 0 Å². The van der Waals surface area contributed by atoms with Crippen molar-refractivity contribution in [1.29, 1.82) is 0 Å². The summed E-state index contributed by atoms with van der Waals surface area (Å²) in [6.45, 7) is 9.42. The van der Waals surface area contributed by atoms with Crippen LogP contribution in [0.15, 0.2) is 30.3 Å². The van der Waals surface area contributed by atoms with Gasteiger partial charge in [0.2, 0.25) is 0 Å². The third-order valence-corrected chi connectivity index (χ3v) is 4.59. The van der Waals surface area contributed by atoms with Gasteiger partial charge in [0.1, 0.15) is 0 Å². The molecule has 0 unspecified atom stereocenters. The lowest BCUT2D eigenvalue weighted by Gasteiger charge is -2.43. The normalized spacial score (nSPS) is 19.5. The molecule has 1 aromatic carbocycles. The van der Waals surface area contributed by atoms with Gasteiger partial charge in [0.05, 0.1) is 0 Å². The van der Waals surface area contributed by atoms with Gasteiger partial charge in [-0.05, 0) is 37.8 Å². The van der Waals surface area contributed by atoms with Crippen LogP contribution in [0.3, 0.4) is 0 Å². The highest BCUT2D eigenvalue weighted by Crippen LogP contribution is 2.20. The maximum atomic E-state index is 3.73. The molecule has 0 saturated carbocycles. The summed E-state index contributed by atoms with van der Waals surface area (Å²) in [7, 11) is 0. The number of aryl methyl sites for hydroxylation is 1. The number of nitrogens with zero attached hydrogens (tertiary/aromatic N) is 1. The van der Waals surface area contributed by atoms with Gasteiger partial charge in [-0.2, -0.15) is 0 Å². The van der Waals surface area contributed by atoms with Crippen molar-refractivity contribution in [2.45, 2.75) is 45.1 Å². The van der Waals surface area contributed by atoms with Crippen molar-refractivity contribution in [3.63, 3.8) is 0 Å². The smallest absolute Gasteiger partial charge is 0.0304 e. The Kier molecular flexibility index (Phi) is 5.41. The van der Waals surface area contributed by atoms with Crippen molar-refractivity contribution in [2.75, 3.05) is 26.2 Å². The van der Waals surface area contributed by atoms with Crippen molar-refractivity contribution in [1.82, 2.24) is 10.2 Å². The molecule has 106 valence electrons. The highest BCUT2D eigenvalue weighted by molar-refractivity contribution is 5.14. The van der Waals surface area contributed by atoms with Gasteiger partial charge in [0, 0.05) is 25.2 Å². The van der Waals surface area contributed by atoms with Crippen molar-refractivity contribution in [3.8, 4) is 0 Å². The van der Waals surface area contributed by atoms with Gasteiger partial charge in [-0.1, -0.05) is 44.2 Å². The first-order chi connectivity index (χ1) is 9.28. The highest BCUT2D eigenvalue weighted by atomic mass is 15.2. The van der Waals surface area contributed by atoms with Gasteiger partial charge in [-0.3, -0.25) is 0 Å². The van der Waals surface area contributed by atoms with E-state index in [1.165, 1.54) is 50.9 Å². The second-order valence-electron chi connectivity index (χ2n) is 5.78. The van der Waals surface area contributed by atoms with Crippen LogP contribution in [0.4, 0.5) is 0 Å². The molecule has 2 nitrogen and oxygen atoms in total. The van der Waals surface area contributed by atoms with E-state index in [0.29, 0.717) is 5.54 Å². The lowest BCUT2D eigenvalue weighted by molar-refractivity contribution is 0.123. The third kappa shape index (κ3) is 4.05. The molecule has 2 heteroatoms. The second kappa shape index (κ2) is 7.06. The zero-order valence-electron chi connectivity index (χ0n) is 12.5. The predicted octanol–water partition coefficient (Wildman–Crippen LogP) is 3.08. The van der Waals surface area contributed by atoms with E-state index in [9.17, 15) is 0 Å². The molecule has 1 saturated heterocycles. The maximum Gasteiger partial charge on any atom is 0.0304 e. The number of piperazine rings is 1.